The predicted molar refractivity (Wildman–Crippen MR) is 95.2 cm³/mol. The van der Waals surface area contributed by atoms with Crippen LogP contribution in [0, 0.1) is 5.82 Å². The number of carbonyl (C=O) groups is 1. The van der Waals surface area contributed by atoms with Gasteiger partial charge in [0.1, 0.15) is 11.6 Å². The molecule has 3 rings (SSSR count). The van der Waals surface area contributed by atoms with Crippen molar-refractivity contribution in [1.82, 2.24) is 4.57 Å². The summed E-state index contributed by atoms with van der Waals surface area (Å²) in [6, 6.07) is 17.1. The lowest BCUT2D eigenvalue weighted by molar-refractivity contribution is -0.116. The van der Waals surface area contributed by atoms with Crippen molar-refractivity contribution in [2.24, 2.45) is 0 Å². The van der Waals surface area contributed by atoms with Gasteiger partial charge in [0.15, 0.2) is 0 Å². The SMILES string of the molecule is COc1cccc(C(CC(=O)Nc2ccc(F)cc2)n2cccc2)c1. The van der Waals surface area contributed by atoms with Crippen LogP contribution in [0.25, 0.3) is 0 Å². The van der Waals surface area contributed by atoms with Crippen molar-refractivity contribution in [3.05, 3.63) is 84.4 Å². The largest absolute Gasteiger partial charge is 0.497 e. The first-order chi connectivity index (χ1) is 12.2. The summed E-state index contributed by atoms with van der Waals surface area (Å²) in [5.74, 6) is 0.265. The lowest BCUT2D eigenvalue weighted by Crippen LogP contribution is -2.19. The van der Waals surface area contributed by atoms with Gasteiger partial charge in [-0.1, -0.05) is 12.1 Å². The zero-order valence-corrected chi connectivity index (χ0v) is 13.9. The lowest BCUT2D eigenvalue weighted by atomic mass is 10.0. The van der Waals surface area contributed by atoms with Crippen molar-refractivity contribution in [2.75, 3.05) is 12.4 Å². The van der Waals surface area contributed by atoms with Crippen LogP contribution in [0.5, 0.6) is 5.75 Å². The van der Waals surface area contributed by atoms with Crippen LogP contribution >= 0.6 is 0 Å². The molecule has 1 N–H and O–H groups in total. The number of nitrogens with one attached hydrogen (secondary N) is 1. The number of rotatable bonds is 6. The van der Waals surface area contributed by atoms with Crippen molar-refractivity contribution in [3.63, 3.8) is 0 Å². The number of hydrogen-bond acceptors (Lipinski definition) is 2. The molecule has 0 radical (unpaired) electrons. The van der Waals surface area contributed by atoms with Crippen LogP contribution in [0.3, 0.4) is 0 Å². The summed E-state index contributed by atoms with van der Waals surface area (Å²) in [7, 11) is 1.62. The van der Waals surface area contributed by atoms with E-state index in [1.807, 2.05) is 53.4 Å². The standard InChI is InChI=1S/C20H19FN2O2/c1-25-18-6-4-5-15(13-18)19(23-11-2-3-12-23)14-20(24)22-17-9-7-16(21)8-10-17/h2-13,19H,14H2,1H3,(H,22,24). The number of halogens is 1. The fraction of sp³-hybridized carbons (Fsp3) is 0.150. The van der Waals surface area contributed by atoms with Gasteiger partial charge in [0.25, 0.3) is 0 Å². The molecule has 2 aromatic carbocycles. The van der Waals surface area contributed by atoms with Gasteiger partial charge in [-0.3, -0.25) is 4.79 Å². The second-order valence-electron chi connectivity index (χ2n) is 5.68. The van der Waals surface area contributed by atoms with Crippen LogP contribution in [-0.4, -0.2) is 17.6 Å². The number of benzene rings is 2. The van der Waals surface area contributed by atoms with Crippen LogP contribution in [-0.2, 0) is 4.79 Å². The van der Waals surface area contributed by atoms with Crippen LogP contribution in [0.4, 0.5) is 10.1 Å². The van der Waals surface area contributed by atoms with E-state index in [0.29, 0.717) is 5.69 Å². The second-order valence-corrected chi connectivity index (χ2v) is 5.68. The van der Waals surface area contributed by atoms with Gasteiger partial charge in [-0.2, -0.15) is 0 Å². The van der Waals surface area contributed by atoms with Crippen molar-refractivity contribution in [3.8, 4) is 5.75 Å². The third kappa shape index (κ3) is 4.26. The molecule has 0 aliphatic rings. The van der Waals surface area contributed by atoms with E-state index in [1.165, 1.54) is 12.1 Å². The maximum atomic E-state index is 13.0. The Morgan fingerprint density at radius 2 is 1.84 bits per heavy atom. The summed E-state index contributed by atoms with van der Waals surface area (Å²) in [5, 5.41) is 2.81. The van der Waals surface area contributed by atoms with Gasteiger partial charge < -0.3 is 14.6 Å². The summed E-state index contributed by atoms with van der Waals surface area (Å²) in [6.07, 6.45) is 4.10. The Morgan fingerprint density at radius 1 is 1.12 bits per heavy atom. The molecule has 3 aromatic rings. The number of amides is 1. The highest BCUT2D eigenvalue weighted by molar-refractivity contribution is 5.91. The summed E-state index contributed by atoms with van der Waals surface area (Å²) >= 11 is 0. The number of nitrogens with zero attached hydrogens (tertiary/aromatic N) is 1. The summed E-state index contributed by atoms with van der Waals surface area (Å²) in [4.78, 5) is 12.5. The number of methoxy groups -OCH3 is 1. The lowest BCUT2D eigenvalue weighted by Gasteiger charge is -2.20. The first kappa shape index (κ1) is 16.8. The molecule has 4 nitrogen and oxygen atoms in total. The molecular weight excluding hydrogens is 319 g/mol. The van der Waals surface area contributed by atoms with Crippen LogP contribution in [0.2, 0.25) is 0 Å². The molecule has 0 aliphatic heterocycles. The Labute approximate surface area is 145 Å². The van der Waals surface area contributed by atoms with Crippen molar-refractivity contribution < 1.29 is 13.9 Å². The zero-order valence-electron chi connectivity index (χ0n) is 13.9. The molecule has 25 heavy (non-hydrogen) atoms. The average molecular weight is 338 g/mol. The Morgan fingerprint density at radius 3 is 2.52 bits per heavy atom. The van der Waals surface area contributed by atoms with Crippen LogP contribution in [0.15, 0.2) is 73.1 Å². The molecule has 0 saturated carbocycles. The zero-order chi connectivity index (χ0) is 17.6. The van der Waals surface area contributed by atoms with Crippen molar-refractivity contribution in [2.45, 2.75) is 12.5 Å². The average Bonchev–Trinajstić information content (AvgIpc) is 3.16. The van der Waals surface area contributed by atoms with Crippen LogP contribution < -0.4 is 10.1 Å². The van der Waals surface area contributed by atoms with E-state index < -0.39 is 0 Å². The summed E-state index contributed by atoms with van der Waals surface area (Å²) in [6.45, 7) is 0. The van der Waals surface area contributed by atoms with E-state index >= 15 is 0 Å². The number of anilines is 1. The second kappa shape index (κ2) is 7.66. The highest BCUT2D eigenvalue weighted by Gasteiger charge is 2.18. The molecule has 1 heterocycles. The fourth-order valence-electron chi connectivity index (χ4n) is 2.72. The summed E-state index contributed by atoms with van der Waals surface area (Å²) in [5.41, 5.74) is 1.55. The molecule has 1 atom stereocenters. The first-order valence-corrected chi connectivity index (χ1v) is 7.97. The normalized spacial score (nSPS) is 11.8. The molecule has 0 spiro atoms. The van der Waals surface area contributed by atoms with Gasteiger partial charge in [-0.15, -0.1) is 0 Å². The molecular formula is C20H19FN2O2. The van der Waals surface area contributed by atoms with E-state index in [9.17, 15) is 9.18 Å². The van der Waals surface area contributed by atoms with Gasteiger partial charge >= 0.3 is 0 Å². The third-order valence-corrected chi connectivity index (χ3v) is 3.97. The predicted octanol–water partition coefficient (Wildman–Crippen LogP) is 4.25. The van der Waals surface area contributed by atoms with Crippen molar-refractivity contribution >= 4 is 11.6 Å². The maximum Gasteiger partial charge on any atom is 0.226 e. The van der Waals surface area contributed by atoms with E-state index in [1.54, 1.807) is 19.2 Å². The Bertz CT molecular complexity index is 829. The minimum atomic E-state index is -0.334. The van der Waals surface area contributed by atoms with Gasteiger partial charge in [0, 0.05) is 18.1 Å². The molecule has 0 fully saturated rings. The van der Waals surface area contributed by atoms with Crippen LogP contribution in [0.1, 0.15) is 18.0 Å². The molecule has 128 valence electrons. The molecule has 1 unspecified atom stereocenters. The Hall–Kier alpha value is -3.08. The quantitative estimate of drug-likeness (QED) is 0.730. The topological polar surface area (TPSA) is 43.3 Å². The molecule has 0 bridgehead atoms. The van der Waals surface area contributed by atoms with E-state index in [2.05, 4.69) is 5.32 Å². The van der Waals surface area contributed by atoms with Gasteiger partial charge in [-0.25, -0.2) is 4.39 Å². The molecule has 0 aliphatic carbocycles. The highest BCUT2D eigenvalue weighted by Crippen LogP contribution is 2.26. The number of aromatic nitrogens is 1. The van der Waals surface area contributed by atoms with Gasteiger partial charge in [-0.05, 0) is 54.1 Å². The molecule has 1 aromatic heterocycles. The Balaban J connectivity index is 1.80. The molecule has 1 amide bonds. The fourth-order valence-corrected chi connectivity index (χ4v) is 2.72. The monoisotopic (exact) mass is 338 g/mol. The molecule has 5 heteroatoms. The number of carbonyl (C=O) groups excluding carboxylic acids is 1. The first-order valence-electron chi connectivity index (χ1n) is 7.97. The third-order valence-electron chi connectivity index (χ3n) is 3.97. The molecule has 0 saturated heterocycles. The van der Waals surface area contributed by atoms with E-state index in [-0.39, 0.29) is 24.2 Å². The smallest absolute Gasteiger partial charge is 0.226 e. The van der Waals surface area contributed by atoms with E-state index in [0.717, 1.165) is 11.3 Å². The van der Waals surface area contributed by atoms with E-state index in [4.69, 9.17) is 4.74 Å². The minimum Gasteiger partial charge on any atom is -0.497 e. The minimum absolute atomic E-state index is 0.145. The number of hydrogen-bond donors (Lipinski definition) is 1. The maximum absolute atomic E-state index is 13.0. The van der Waals surface area contributed by atoms with Crippen molar-refractivity contribution in [1.29, 1.82) is 0 Å². The summed E-state index contributed by atoms with van der Waals surface area (Å²) < 4.78 is 20.3. The van der Waals surface area contributed by atoms with Gasteiger partial charge in [0.2, 0.25) is 5.91 Å². The highest BCUT2D eigenvalue weighted by atomic mass is 19.1. The van der Waals surface area contributed by atoms with Gasteiger partial charge in [0.05, 0.1) is 19.6 Å². The number of ether oxygens (including phenoxy) is 1. The Kier molecular flexibility index (Phi) is 5.14.